The summed E-state index contributed by atoms with van der Waals surface area (Å²) < 4.78 is 0. The van der Waals surface area contributed by atoms with Crippen LogP contribution in [0.15, 0.2) is 53.4 Å². The van der Waals surface area contributed by atoms with Gasteiger partial charge in [-0.25, -0.2) is 14.8 Å². The van der Waals surface area contributed by atoms with E-state index in [1.54, 1.807) is 12.1 Å². The largest absolute Gasteiger partial charge is 0.481 e. The lowest BCUT2D eigenvalue weighted by atomic mass is 9.72. The zero-order chi connectivity index (χ0) is 29.4. The number of anilines is 1. The van der Waals surface area contributed by atoms with Crippen molar-refractivity contribution in [2.75, 3.05) is 30.6 Å². The average Bonchev–Trinajstić information content (AvgIpc) is 2.96. The minimum Gasteiger partial charge on any atom is -0.481 e. The summed E-state index contributed by atoms with van der Waals surface area (Å²) in [6.07, 6.45) is 17.9. The number of hydrogen-bond donors (Lipinski definition) is 3. The Morgan fingerprint density at radius 3 is 2.17 bits per heavy atom. The molecule has 2 fully saturated rings. The molecular weight excluding hydrogens is 534 g/mol. The quantitative estimate of drug-likeness (QED) is 0.278. The molecule has 0 saturated heterocycles. The highest BCUT2D eigenvalue weighted by Gasteiger charge is 2.33. The van der Waals surface area contributed by atoms with Crippen molar-refractivity contribution in [2.45, 2.75) is 81.7 Å². The SMILES string of the molecule is CS(C)(C)c1cccc(NC(=O)N(Cc2ccc(C(=O)NCCC(=O)O)cc2)C2CCC(C3CCCCC3)CC2)c1. The van der Waals surface area contributed by atoms with Gasteiger partial charge in [-0.1, -0.05) is 50.3 Å². The molecule has 0 radical (unpaired) electrons. The Morgan fingerprint density at radius 1 is 0.878 bits per heavy atom. The number of rotatable bonds is 10. The van der Waals surface area contributed by atoms with Crippen LogP contribution in [0.4, 0.5) is 10.5 Å². The van der Waals surface area contributed by atoms with Gasteiger partial charge in [-0.3, -0.25) is 9.59 Å². The molecule has 0 atom stereocenters. The smallest absolute Gasteiger partial charge is 0.322 e. The fraction of sp³-hybridized carbons (Fsp3) is 0.545. The molecule has 0 heterocycles. The predicted molar refractivity (Wildman–Crippen MR) is 168 cm³/mol. The maximum Gasteiger partial charge on any atom is 0.322 e. The van der Waals surface area contributed by atoms with Crippen LogP contribution in [0.25, 0.3) is 0 Å². The number of hydrogen-bond acceptors (Lipinski definition) is 3. The molecule has 0 aliphatic heterocycles. The van der Waals surface area contributed by atoms with Crippen LogP contribution in [-0.4, -0.2) is 59.3 Å². The second kappa shape index (κ2) is 14.3. The van der Waals surface area contributed by atoms with E-state index >= 15 is 0 Å². The summed E-state index contributed by atoms with van der Waals surface area (Å²) in [6, 6.07) is 15.6. The highest BCUT2D eigenvalue weighted by Crippen LogP contribution is 2.46. The van der Waals surface area contributed by atoms with E-state index in [0.717, 1.165) is 35.9 Å². The van der Waals surface area contributed by atoms with Crippen LogP contribution < -0.4 is 10.6 Å². The normalized spacial score (nSPS) is 20.2. The summed E-state index contributed by atoms with van der Waals surface area (Å²) in [5.74, 6) is 0.387. The van der Waals surface area contributed by atoms with Gasteiger partial charge in [-0.15, -0.1) is 0 Å². The fourth-order valence-electron chi connectivity index (χ4n) is 6.35. The standard InChI is InChI=1S/C33H47N3O4S/c1-41(2,3)30-11-7-10-28(22-30)35-33(40)36(29-18-16-26(17-19-29)25-8-5-4-6-9-25)23-24-12-14-27(15-13-24)32(39)34-21-20-31(37)38/h7,10-15,22,25-26,29H,4-6,8-9,16-21,23H2,1-3H3,(H,34,39)(H,35,40)(H,37,38). The third kappa shape index (κ3) is 8.99. The van der Waals surface area contributed by atoms with Crippen molar-refractivity contribution in [1.82, 2.24) is 10.2 Å². The molecule has 4 rings (SSSR count). The third-order valence-electron chi connectivity index (χ3n) is 8.75. The van der Waals surface area contributed by atoms with Gasteiger partial charge in [0.05, 0.1) is 6.42 Å². The van der Waals surface area contributed by atoms with Gasteiger partial charge in [0.25, 0.3) is 5.91 Å². The fourth-order valence-corrected chi connectivity index (χ4v) is 7.32. The van der Waals surface area contributed by atoms with Gasteiger partial charge < -0.3 is 20.6 Å². The molecule has 3 N–H and O–H groups in total. The van der Waals surface area contributed by atoms with Crippen LogP contribution in [0, 0.1) is 11.8 Å². The number of carbonyl (C=O) groups is 3. The summed E-state index contributed by atoms with van der Waals surface area (Å²) in [6.45, 7) is 0.557. The molecule has 8 heteroatoms. The second-order valence-corrected chi connectivity index (χ2v) is 16.6. The van der Waals surface area contributed by atoms with Gasteiger partial charge in [-0.05, 0) is 97.1 Å². The Hall–Kier alpha value is -3.00. The Morgan fingerprint density at radius 2 is 1.54 bits per heavy atom. The van der Waals surface area contributed by atoms with Crippen molar-refractivity contribution in [2.24, 2.45) is 11.8 Å². The molecule has 0 bridgehead atoms. The number of carboxylic acids is 1. The van der Waals surface area contributed by atoms with Gasteiger partial charge in [0.1, 0.15) is 0 Å². The molecule has 0 aromatic heterocycles. The summed E-state index contributed by atoms with van der Waals surface area (Å²) in [7, 11) is -0.915. The van der Waals surface area contributed by atoms with Crippen LogP contribution in [0.1, 0.15) is 80.1 Å². The Labute approximate surface area is 246 Å². The first-order valence-electron chi connectivity index (χ1n) is 15.0. The molecule has 0 unspecified atom stereocenters. The van der Waals surface area contributed by atoms with Crippen LogP contribution in [0.5, 0.6) is 0 Å². The van der Waals surface area contributed by atoms with Gasteiger partial charge >= 0.3 is 12.0 Å². The third-order valence-corrected chi connectivity index (χ3v) is 10.4. The minimum absolute atomic E-state index is 0.0809. The molecule has 2 aliphatic rings. The van der Waals surface area contributed by atoms with Crippen LogP contribution >= 0.6 is 10.0 Å². The summed E-state index contributed by atoms with van der Waals surface area (Å²) >= 11 is 0. The molecule has 2 aromatic carbocycles. The first-order valence-corrected chi connectivity index (χ1v) is 17.9. The monoisotopic (exact) mass is 581 g/mol. The summed E-state index contributed by atoms with van der Waals surface area (Å²) in [5.41, 5.74) is 2.26. The lowest BCUT2D eigenvalue weighted by Crippen LogP contribution is -2.44. The minimum atomic E-state index is -0.946. The number of aliphatic carboxylic acids is 1. The number of nitrogens with one attached hydrogen (secondary N) is 2. The summed E-state index contributed by atoms with van der Waals surface area (Å²) in [5, 5.41) is 14.6. The van der Waals surface area contributed by atoms with Crippen molar-refractivity contribution in [3.05, 3.63) is 59.7 Å². The van der Waals surface area contributed by atoms with E-state index < -0.39 is 16.0 Å². The number of urea groups is 1. The second-order valence-electron chi connectivity index (χ2n) is 12.5. The number of carboxylic acid groups (broad SMARTS) is 1. The molecule has 2 saturated carbocycles. The molecular formula is C33H47N3O4S. The lowest BCUT2D eigenvalue weighted by molar-refractivity contribution is -0.136. The summed E-state index contributed by atoms with van der Waals surface area (Å²) in [4.78, 5) is 40.2. The predicted octanol–water partition coefficient (Wildman–Crippen LogP) is 7.12. The molecule has 2 aromatic rings. The number of carbonyl (C=O) groups excluding carboxylic acids is 2. The van der Waals surface area contributed by atoms with Gasteiger partial charge in [0.15, 0.2) is 0 Å². The van der Waals surface area contributed by atoms with E-state index in [9.17, 15) is 14.4 Å². The molecule has 0 spiro atoms. The average molecular weight is 582 g/mol. The first-order chi connectivity index (χ1) is 19.6. The molecule has 224 valence electrons. The van der Waals surface area contributed by atoms with Crippen molar-refractivity contribution in [1.29, 1.82) is 0 Å². The first kappa shape index (κ1) is 30.9. The maximum absolute atomic E-state index is 13.8. The van der Waals surface area contributed by atoms with E-state index in [-0.39, 0.29) is 30.9 Å². The van der Waals surface area contributed by atoms with E-state index in [4.69, 9.17) is 5.11 Å². The number of nitrogens with zero attached hydrogens (tertiary/aromatic N) is 1. The number of benzene rings is 2. The van der Waals surface area contributed by atoms with Gasteiger partial charge in [0, 0.05) is 30.4 Å². The molecule has 3 amide bonds. The van der Waals surface area contributed by atoms with Crippen molar-refractivity contribution in [3.63, 3.8) is 0 Å². The van der Waals surface area contributed by atoms with Gasteiger partial charge in [-0.2, -0.15) is 0 Å². The van der Waals surface area contributed by atoms with Crippen LogP contribution in [0.2, 0.25) is 0 Å². The lowest BCUT2D eigenvalue weighted by Gasteiger charge is -2.40. The maximum atomic E-state index is 13.8. The van der Waals surface area contributed by atoms with Crippen molar-refractivity contribution in [3.8, 4) is 0 Å². The molecule has 41 heavy (non-hydrogen) atoms. The molecule has 2 aliphatic carbocycles. The Bertz CT molecular complexity index is 1180. The van der Waals surface area contributed by atoms with Crippen LogP contribution in [0.3, 0.4) is 0 Å². The van der Waals surface area contributed by atoms with E-state index in [1.807, 2.05) is 29.2 Å². The Kier molecular flexibility index (Phi) is 10.8. The van der Waals surface area contributed by atoms with E-state index in [1.165, 1.54) is 49.8 Å². The van der Waals surface area contributed by atoms with Crippen LogP contribution in [-0.2, 0) is 11.3 Å². The van der Waals surface area contributed by atoms with E-state index in [0.29, 0.717) is 12.1 Å². The van der Waals surface area contributed by atoms with Crippen molar-refractivity contribution < 1.29 is 19.5 Å². The zero-order valence-corrected chi connectivity index (χ0v) is 25.7. The number of amides is 3. The molecule has 7 nitrogen and oxygen atoms in total. The zero-order valence-electron chi connectivity index (χ0n) is 24.9. The van der Waals surface area contributed by atoms with Gasteiger partial charge in [0.2, 0.25) is 0 Å². The highest BCUT2D eigenvalue weighted by molar-refractivity contribution is 8.32. The van der Waals surface area contributed by atoms with E-state index in [2.05, 4.69) is 41.5 Å². The van der Waals surface area contributed by atoms with Crippen molar-refractivity contribution >= 4 is 33.6 Å². The highest BCUT2D eigenvalue weighted by atomic mass is 32.3. The topological polar surface area (TPSA) is 98.7 Å². The Balaban J connectivity index is 1.46.